The summed E-state index contributed by atoms with van der Waals surface area (Å²) in [5, 5.41) is 13.5. The van der Waals surface area contributed by atoms with Crippen molar-refractivity contribution in [2.24, 2.45) is 5.16 Å². The number of rotatable bonds is 2. The highest BCUT2D eigenvalue weighted by Crippen LogP contribution is 2.26. The van der Waals surface area contributed by atoms with Gasteiger partial charge in [0.25, 0.3) is 0 Å². The first-order valence-electron chi connectivity index (χ1n) is 4.49. The van der Waals surface area contributed by atoms with Crippen LogP contribution < -0.4 is 0 Å². The van der Waals surface area contributed by atoms with Crippen LogP contribution in [0.2, 0.25) is 5.02 Å². The van der Waals surface area contributed by atoms with Gasteiger partial charge in [-0.3, -0.25) is 0 Å². The van der Waals surface area contributed by atoms with Crippen LogP contribution in [-0.2, 0) is 4.84 Å². The van der Waals surface area contributed by atoms with Gasteiger partial charge < -0.3 is 9.94 Å². The fourth-order valence-electron chi connectivity index (χ4n) is 1.40. The number of hydrogen-bond donors (Lipinski definition) is 1. The predicted octanol–water partition coefficient (Wildman–Crippen LogP) is 2.59. The lowest BCUT2D eigenvalue weighted by molar-refractivity contribution is 0.0390. The number of nitrogens with zero attached hydrogens (tertiary/aromatic N) is 1. The Balaban J connectivity index is 2.27. The lowest BCUT2D eigenvalue weighted by Crippen LogP contribution is -2.12. The summed E-state index contributed by atoms with van der Waals surface area (Å²) in [4.78, 5) is 5.04. The van der Waals surface area contributed by atoms with Crippen LogP contribution in [-0.4, -0.2) is 23.5 Å². The van der Waals surface area contributed by atoms with Gasteiger partial charge in [-0.15, -0.1) is 0 Å². The molecule has 0 saturated heterocycles. The van der Waals surface area contributed by atoms with Gasteiger partial charge >= 0.3 is 0 Å². The molecule has 0 saturated carbocycles. The van der Waals surface area contributed by atoms with Crippen LogP contribution in [0, 0.1) is 0 Å². The Kier molecular flexibility index (Phi) is 3.29. The molecule has 0 aromatic heterocycles. The molecular weight excluding hydrogens is 281 g/mol. The first-order valence-corrected chi connectivity index (χ1v) is 5.67. The molecule has 2 rings (SSSR count). The average molecular weight is 291 g/mol. The van der Waals surface area contributed by atoms with Gasteiger partial charge in [0.2, 0.25) is 0 Å². The van der Waals surface area contributed by atoms with E-state index in [4.69, 9.17) is 21.5 Å². The van der Waals surface area contributed by atoms with E-state index >= 15 is 0 Å². The Hall–Kier alpha value is -0.580. The number of aliphatic hydroxyl groups excluding tert-OH is 1. The molecule has 1 heterocycles. The van der Waals surface area contributed by atoms with E-state index in [0.29, 0.717) is 11.4 Å². The highest BCUT2D eigenvalue weighted by Gasteiger charge is 2.22. The molecule has 15 heavy (non-hydrogen) atoms. The predicted molar refractivity (Wildman–Crippen MR) is 62.3 cm³/mol. The third kappa shape index (κ3) is 2.33. The van der Waals surface area contributed by atoms with Crippen molar-refractivity contribution in [2.45, 2.75) is 12.5 Å². The zero-order valence-corrected chi connectivity index (χ0v) is 10.1. The Morgan fingerprint density at radius 3 is 3.07 bits per heavy atom. The van der Waals surface area contributed by atoms with Crippen molar-refractivity contribution < 1.29 is 9.94 Å². The summed E-state index contributed by atoms with van der Waals surface area (Å²) in [7, 11) is 0. The molecule has 0 fully saturated rings. The van der Waals surface area contributed by atoms with Crippen molar-refractivity contribution in [2.75, 3.05) is 6.61 Å². The molecular formula is C10H9BrClNO2. The summed E-state index contributed by atoms with van der Waals surface area (Å²) < 4.78 is 0.924. The highest BCUT2D eigenvalue weighted by atomic mass is 79.9. The minimum Gasteiger partial charge on any atom is -0.392 e. The molecule has 1 atom stereocenters. The summed E-state index contributed by atoms with van der Waals surface area (Å²) in [6, 6.07) is 5.50. The minimum atomic E-state index is -0.231. The van der Waals surface area contributed by atoms with Gasteiger partial charge in [-0.2, -0.15) is 0 Å². The van der Waals surface area contributed by atoms with Crippen molar-refractivity contribution in [3.05, 3.63) is 33.3 Å². The molecule has 1 aromatic carbocycles. The van der Waals surface area contributed by atoms with Gasteiger partial charge in [0, 0.05) is 21.5 Å². The molecule has 1 aromatic rings. The van der Waals surface area contributed by atoms with Crippen LogP contribution >= 0.6 is 27.5 Å². The summed E-state index contributed by atoms with van der Waals surface area (Å²) in [5.74, 6) is 0. The second-order valence-electron chi connectivity index (χ2n) is 3.28. The number of oxime groups is 1. The van der Waals surface area contributed by atoms with Gasteiger partial charge in [-0.05, 0) is 18.2 Å². The quantitative estimate of drug-likeness (QED) is 0.909. The summed E-state index contributed by atoms with van der Waals surface area (Å²) in [5.41, 5.74) is 1.72. The Morgan fingerprint density at radius 1 is 1.60 bits per heavy atom. The maximum atomic E-state index is 8.92. The molecule has 1 unspecified atom stereocenters. The first-order chi connectivity index (χ1) is 7.20. The molecule has 0 radical (unpaired) electrons. The molecule has 3 nitrogen and oxygen atoms in total. The van der Waals surface area contributed by atoms with E-state index < -0.39 is 0 Å². The van der Waals surface area contributed by atoms with Crippen molar-refractivity contribution >= 4 is 33.2 Å². The number of aliphatic hydroxyl groups is 1. The van der Waals surface area contributed by atoms with Gasteiger partial charge in [-0.25, -0.2) is 0 Å². The van der Waals surface area contributed by atoms with Crippen LogP contribution in [0.25, 0.3) is 0 Å². The van der Waals surface area contributed by atoms with Gasteiger partial charge in [0.05, 0.1) is 12.3 Å². The van der Waals surface area contributed by atoms with Crippen molar-refractivity contribution in [1.82, 2.24) is 0 Å². The Morgan fingerprint density at radius 2 is 2.40 bits per heavy atom. The first kappa shape index (κ1) is 10.9. The average Bonchev–Trinajstić information content (AvgIpc) is 2.70. The topological polar surface area (TPSA) is 41.8 Å². The number of benzene rings is 1. The summed E-state index contributed by atoms with van der Waals surface area (Å²) in [6.07, 6.45) is 0.376. The molecule has 80 valence electrons. The zero-order chi connectivity index (χ0) is 10.8. The molecule has 0 spiro atoms. The van der Waals surface area contributed by atoms with E-state index in [1.54, 1.807) is 6.07 Å². The number of halogens is 2. The van der Waals surface area contributed by atoms with Gasteiger partial charge in [-0.1, -0.05) is 32.7 Å². The third-order valence-corrected chi connectivity index (χ3v) is 3.10. The highest BCUT2D eigenvalue weighted by molar-refractivity contribution is 9.10. The lowest BCUT2D eigenvalue weighted by Gasteiger charge is -2.04. The smallest absolute Gasteiger partial charge is 0.156 e. The van der Waals surface area contributed by atoms with Crippen molar-refractivity contribution in [3.63, 3.8) is 0 Å². The monoisotopic (exact) mass is 289 g/mol. The van der Waals surface area contributed by atoms with Gasteiger partial charge in [0.15, 0.2) is 6.10 Å². The Bertz CT molecular complexity index is 408. The minimum absolute atomic E-state index is 0.0226. The second kappa shape index (κ2) is 4.51. The molecule has 1 aliphatic rings. The molecule has 5 heteroatoms. The zero-order valence-electron chi connectivity index (χ0n) is 7.78. The van der Waals surface area contributed by atoms with E-state index in [9.17, 15) is 0 Å². The van der Waals surface area contributed by atoms with Gasteiger partial charge in [0.1, 0.15) is 0 Å². The molecule has 0 bridgehead atoms. The van der Waals surface area contributed by atoms with Crippen molar-refractivity contribution in [3.8, 4) is 0 Å². The SMILES string of the molecule is OCC1CC(c2cc(Cl)ccc2Br)=NO1. The standard InChI is InChI=1S/C10H9BrClNO2/c11-9-2-1-6(12)3-8(9)10-4-7(5-14)15-13-10/h1-3,7,14H,4-5H2. The lowest BCUT2D eigenvalue weighted by atomic mass is 10.1. The molecule has 0 amide bonds. The maximum Gasteiger partial charge on any atom is 0.156 e. The second-order valence-corrected chi connectivity index (χ2v) is 4.57. The Labute approximate surface area is 101 Å². The van der Waals surface area contributed by atoms with E-state index in [0.717, 1.165) is 15.7 Å². The van der Waals surface area contributed by atoms with Crippen LogP contribution in [0.1, 0.15) is 12.0 Å². The fraction of sp³-hybridized carbons (Fsp3) is 0.300. The third-order valence-electron chi connectivity index (χ3n) is 2.18. The summed E-state index contributed by atoms with van der Waals surface area (Å²) in [6.45, 7) is -0.0226. The van der Waals surface area contributed by atoms with Crippen LogP contribution in [0.4, 0.5) is 0 Å². The van der Waals surface area contributed by atoms with E-state index in [-0.39, 0.29) is 12.7 Å². The number of hydrogen-bond acceptors (Lipinski definition) is 3. The summed E-state index contributed by atoms with van der Waals surface area (Å²) >= 11 is 9.32. The normalized spacial score (nSPS) is 19.9. The molecule has 1 N–H and O–H groups in total. The molecule has 0 aliphatic carbocycles. The maximum absolute atomic E-state index is 8.92. The van der Waals surface area contributed by atoms with Crippen LogP contribution in [0.3, 0.4) is 0 Å². The van der Waals surface area contributed by atoms with Crippen molar-refractivity contribution in [1.29, 1.82) is 0 Å². The van der Waals surface area contributed by atoms with Crippen LogP contribution in [0.5, 0.6) is 0 Å². The molecule has 1 aliphatic heterocycles. The van der Waals surface area contributed by atoms with E-state index in [1.807, 2.05) is 12.1 Å². The largest absolute Gasteiger partial charge is 0.392 e. The van der Waals surface area contributed by atoms with E-state index in [1.165, 1.54) is 0 Å². The fourth-order valence-corrected chi connectivity index (χ4v) is 2.05. The van der Waals surface area contributed by atoms with Crippen LogP contribution in [0.15, 0.2) is 27.8 Å². The van der Waals surface area contributed by atoms with E-state index in [2.05, 4.69) is 21.1 Å².